The van der Waals surface area contributed by atoms with E-state index in [0.29, 0.717) is 33.3 Å². The van der Waals surface area contributed by atoms with Crippen molar-refractivity contribution in [3.05, 3.63) is 40.0 Å². The third-order valence-electron chi connectivity index (χ3n) is 4.47. The van der Waals surface area contributed by atoms with E-state index in [0.717, 1.165) is 30.5 Å². The molecule has 1 saturated carbocycles. The van der Waals surface area contributed by atoms with Crippen LogP contribution in [0.25, 0.3) is 10.9 Å². The Hall–Kier alpha value is -1.61. The standard InChI is InChI=1S/C15H12ClNO2/c16-9-2-1-3-10-12(9)13(15(18)19)11-7-4-5-8(6-7)14(11)17-10/h1-3,7-8H,4-6H2,(H,18,19). The Labute approximate surface area is 115 Å². The van der Waals surface area contributed by atoms with Gasteiger partial charge in [-0.3, -0.25) is 4.98 Å². The summed E-state index contributed by atoms with van der Waals surface area (Å²) in [6.07, 6.45) is 3.27. The van der Waals surface area contributed by atoms with E-state index < -0.39 is 5.97 Å². The number of hydrogen-bond acceptors (Lipinski definition) is 2. The van der Waals surface area contributed by atoms with Crippen molar-refractivity contribution in [3.8, 4) is 0 Å². The van der Waals surface area contributed by atoms with Gasteiger partial charge in [-0.2, -0.15) is 0 Å². The molecule has 4 heteroatoms. The summed E-state index contributed by atoms with van der Waals surface area (Å²) in [5.41, 5.74) is 3.04. The maximum Gasteiger partial charge on any atom is 0.336 e. The molecule has 96 valence electrons. The molecule has 4 rings (SSSR count). The Balaban J connectivity index is 2.18. The van der Waals surface area contributed by atoms with Gasteiger partial charge in [-0.05, 0) is 42.9 Å². The van der Waals surface area contributed by atoms with Gasteiger partial charge in [0.15, 0.2) is 0 Å². The summed E-state index contributed by atoms with van der Waals surface area (Å²) in [6, 6.07) is 5.40. The molecule has 2 aromatic rings. The number of aromatic nitrogens is 1. The molecule has 1 N–H and O–H groups in total. The Kier molecular flexibility index (Phi) is 2.19. The van der Waals surface area contributed by atoms with Crippen molar-refractivity contribution in [2.45, 2.75) is 31.1 Å². The Morgan fingerprint density at radius 3 is 2.89 bits per heavy atom. The summed E-state index contributed by atoms with van der Waals surface area (Å²) < 4.78 is 0. The number of nitrogens with zero attached hydrogens (tertiary/aromatic N) is 1. The highest BCUT2D eigenvalue weighted by molar-refractivity contribution is 6.36. The minimum Gasteiger partial charge on any atom is -0.478 e. The average molecular weight is 274 g/mol. The summed E-state index contributed by atoms with van der Waals surface area (Å²) in [5, 5.41) is 10.7. The molecule has 0 spiro atoms. The number of hydrogen-bond donors (Lipinski definition) is 1. The summed E-state index contributed by atoms with van der Waals surface area (Å²) in [7, 11) is 0. The number of halogens is 1. The van der Waals surface area contributed by atoms with Crippen LogP contribution in [0.4, 0.5) is 0 Å². The number of pyridine rings is 1. The predicted octanol–water partition coefficient (Wildman–Crippen LogP) is 3.95. The van der Waals surface area contributed by atoms with E-state index in [1.54, 1.807) is 6.07 Å². The molecule has 0 saturated heterocycles. The van der Waals surface area contributed by atoms with E-state index in [4.69, 9.17) is 16.6 Å². The molecule has 2 aliphatic rings. The lowest BCUT2D eigenvalue weighted by atomic mass is 9.89. The van der Waals surface area contributed by atoms with Gasteiger partial charge in [0.2, 0.25) is 0 Å². The molecule has 1 aromatic heterocycles. The molecular formula is C15H12ClNO2. The van der Waals surface area contributed by atoms with Gasteiger partial charge in [-0.15, -0.1) is 0 Å². The highest BCUT2D eigenvalue weighted by atomic mass is 35.5. The zero-order valence-corrected chi connectivity index (χ0v) is 10.9. The second-order valence-corrected chi connectivity index (χ2v) is 5.84. The molecule has 1 heterocycles. The first-order valence-corrected chi connectivity index (χ1v) is 6.90. The molecule has 2 unspecified atom stereocenters. The molecule has 0 amide bonds. The molecule has 1 aromatic carbocycles. The second-order valence-electron chi connectivity index (χ2n) is 5.43. The largest absolute Gasteiger partial charge is 0.478 e. The van der Waals surface area contributed by atoms with Crippen molar-refractivity contribution < 1.29 is 9.90 Å². The van der Waals surface area contributed by atoms with Gasteiger partial charge in [-0.25, -0.2) is 4.79 Å². The topological polar surface area (TPSA) is 50.2 Å². The normalized spacial score (nSPS) is 23.8. The Bertz CT molecular complexity index is 726. The fourth-order valence-corrected chi connectivity index (χ4v) is 4.01. The maximum atomic E-state index is 11.7. The molecule has 3 nitrogen and oxygen atoms in total. The van der Waals surface area contributed by atoms with Crippen LogP contribution in [0.2, 0.25) is 5.02 Å². The van der Waals surface area contributed by atoms with E-state index >= 15 is 0 Å². The van der Waals surface area contributed by atoms with E-state index in [-0.39, 0.29) is 0 Å². The lowest BCUT2D eigenvalue weighted by molar-refractivity contribution is 0.0697. The fourth-order valence-electron chi connectivity index (χ4n) is 3.74. The number of fused-ring (bicyclic) bond motifs is 6. The summed E-state index contributed by atoms with van der Waals surface area (Å²) >= 11 is 6.21. The summed E-state index contributed by atoms with van der Waals surface area (Å²) in [6.45, 7) is 0. The van der Waals surface area contributed by atoms with E-state index in [1.165, 1.54) is 0 Å². The summed E-state index contributed by atoms with van der Waals surface area (Å²) in [5.74, 6) is -0.0787. The van der Waals surface area contributed by atoms with Crippen molar-refractivity contribution in [2.24, 2.45) is 0 Å². The molecule has 0 aliphatic heterocycles. The zero-order chi connectivity index (χ0) is 13.1. The van der Waals surface area contributed by atoms with Crippen LogP contribution < -0.4 is 0 Å². The van der Waals surface area contributed by atoms with Gasteiger partial charge >= 0.3 is 5.97 Å². The third kappa shape index (κ3) is 1.39. The van der Waals surface area contributed by atoms with Gasteiger partial charge in [-0.1, -0.05) is 17.7 Å². The van der Waals surface area contributed by atoms with Gasteiger partial charge in [0.25, 0.3) is 0 Å². The van der Waals surface area contributed by atoms with Crippen molar-refractivity contribution in [1.82, 2.24) is 4.98 Å². The number of benzene rings is 1. The predicted molar refractivity (Wildman–Crippen MR) is 73.0 cm³/mol. The van der Waals surface area contributed by atoms with Crippen LogP contribution in [-0.4, -0.2) is 16.1 Å². The lowest BCUT2D eigenvalue weighted by Crippen LogP contribution is -2.11. The van der Waals surface area contributed by atoms with Gasteiger partial charge in [0.1, 0.15) is 0 Å². The van der Waals surface area contributed by atoms with Crippen LogP contribution in [-0.2, 0) is 0 Å². The van der Waals surface area contributed by atoms with E-state index in [2.05, 4.69) is 0 Å². The number of carboxylic acids is 1. The molecule has 19 heavy (non-hydrogen) atoms. The summed E-state index contributed by atoms with van der Waals surface area (Å²) in [4.78, 5) is 16.4. The molecule has 2 atom stereocenters. The highest BCUT2D eigenvalue weighted by Crippen LogP contribution is 2.54. The van der Waals surface area contributed by atoms with Crippen molar-refractivity contribution in [2.75, 3.05) is 0 Å². The highest BCUT2D eigenvalue weighted by Gasteiger charge is 2.41. The molecule has 0 radical (unpaired) electrons. The molecular weight excluding hydrogens is 262 g/mol. The average Bonchev–Trinajstić information content (AvgIpc) is 2.97. The molecule has 2 bridgehead atoms. The van der Waals surface area contributed by atoms with Crippen molar-refractivity contribution in [3.63, 3.8) is 0 Å². The van der Waals surface area contributed by atoms with Crippen LogP contribution in [0.15, 0.2) is 18.2 Å². The van der Waals surface area contributed by atoms with Gasteiger partial charge < -0.3 is 5.11 Å². The Morgan fingerprint density at radius 2 is 2.11 bits per heavy atom. The minimum atomic E-state index is -0.885. The van der Waals surface area contributed by atoms with Crippen LogP contribution in [0, 0.1) is 0 Å². The van der Waals surface area contributed by atoms with E-state index in [9.17, 15) is 9.90 Å². The number of carboxylic acid groups (broad SMARTS) is 1. The monoisotopic (exact) mass is 273 g/mol. The second kappa shape index (κ2) is 3.70. The quantitative estimate of drug-likeness (QED) is 0.856. The van der Waals surface area contributed by atoms with Crippen LogP contribution in [0.1, 0.15) is 52.7 Å². The van der Waals surface area contributed by atoms with Crippen LogP contribution in [0.3, 0.4) is 0 Å². The fraction of sp³-hybridized carbons (Fsp3) is 0.333. The zero-order valence-electron chi connectivity index (χ0n) is 10.2. The van der Waals surface area contributed by atoms with Gasteiger partial charge in [0, 0.05) is 17.0 Å². The Morgan fingerprint density at radius 1 is 1.32 bits per heavy atom. The van der Waals surface area contributed by atoms with Crippen molar-refractivity contribution >= 4 is 28.5 Å². The lowest BCUT2D eigenvalue weighted by Gasteiger charge is -2.18. The van der Waals surface area contributed by atoms with Crippen LogP contribution >= 0.6 is 11.6 Å². The van der Waals surface area contributed by atoms with Crippen molar-refractivity contribution in [1.29, 1.82) is 0 Å². The third-order valence-corrected chi connectivity index (χ3v) is 4.78. The van der Waals surface area contributed by atoms with Crippen LogP contribution in [0.5, 0.6) is 0 Å². The first-order chi connectivity index (χ1) is 9.16. The number of carbonyl (C=O) groups is 1. The number of aromatic carboxylic acids is 1. The SMILES string of the molecule is O=C(O)c1c2c(nc3cccc(Cl)c13)C1CCC2C1. The van der Waals surface area contributed by atoms with E-state index in [1.807, 2.05) is 12.1 Å². The molecule has 1 fully saturated rings. The number of rotatable bonds is 1. The first-order valence-electron chi connectivity index (χ1n) is 6.52. The van der Waals surface area contributed by atoms with Gasteiger partial charge in [0.05, 0.1) is 16.1 Å². The smallest absolute Gasteiger partial charge is 0.336 e. The molecule has 2 aliphatic carbocycles. The minimum absolute atomic E-state index is 0.360. The first kappa shape index (κ1) is 11.2. The maximum absolute atomic E-state index is 11.7.